The number of carbonyl (C=O) groups excluding carboxylic acids is 1. The first-order valence-electron chi connectivity index (χ1n) is 11.5. The van der Waals surface area contributed by atoms with Crippen LogP contribution in [0.4, 0.5) is 5.69 Å². The molecule has 0 saturated carbocycles. The molecule has 2 aliphatic rings. The molecule has 1 N–H and O–H groups in total. The zero-order chi connectivity index (χ0) is 22.8. The third-order valence-corrected chi connectivity index (χ3v) is 9.45. The molecule has 9 heteroatoms. The lowest BCUT2D eigenvalue weighted by atomic mass is 10.2. The number of nitrogens with zero attached hydrogens (tertiary/aromatic N) is 3. The van der Waals surface area contributed by atoms with Crippen LogP contribution in [0, 0.1) is 0 Å². The number of sulfonamides is 1. The first-order chi connectivity index (χ1) is 16.0. The third-order valence-electron chi connectivity index (χ3n) is 6.40. The van der Waals surface area contributed by atoms with Gasteiger partial charge in [-0.3, -0.25) is 9.69 Å². The highest BCUT2D eigenvalue weighted by Gasteiger charge is 2.30. The zero-order valence-corrected chi connectivity index (χ0v) is 20.1. The Kier molecular flexibility index (Phi) is 6.47. The summed E-state index contributed by atoms with van der Waals surface area (Å²) in [5.74, 6) is -0.102. The Bertz CT molecular complexity index is 1200. The maximum Gasteiger partial charge on any atom is 0.243 e. The third kappa shape index (κ3) is 4.82. The molecule has 5 rings (SSSR count). The van der Waals surface area contributed by atoms with E-state index in [1.807, 2.05) is 18.2 Å². The van der Waals surface area contributed by atoms with Crippen LogP contribution in [-0.2, 0) is 14.8 Å². The predicted molar refractivity (Wildman–Crippen MR) is 131 cm³/mol. The van der Waals surface area contributed by atoms with Crippen LogP contribution in [0.25, 0.3) is 10.2 Å². The van der Waals surface area contributed by atoms with E-state index in [0.29, 0.717) is 18.8 Å². The van der Waals surface area contributed by atoms with Gasteiger partial charge in [-0.1, -0.05) is 18.6 Å². The minimum Gasteiger partial charge on any atom is -0.325 e. The normalized spacial score (nSPS) is 20.3. The van der Waals surface area contributed by atoms with E-state index in [9.17, 15) is 13.2 Å². The van der Waals surface area contributed by atoms with Gasteiger partial charge in [0.25, 0.3) is 0 Å². The van der Waals surface area contributed by atoms with Crippen molar-refractivity contribution in [1.82, 2.24) is 14.2 Å². The molecule has 2 aliphatic heterocycles. The van der Waals surface area contributed by atoms with Crippen molar-refractivity contribution in [3.8, 4) is 0 Å². The molecule has 174 valence electrons. The number of amides is 1. The Morgan fingerprint density at radius 2 is 1.76 bits per heavy atom. The van der Waals surface area contributed by atoms with E-state index in [1.165, 1.54) is 4.70 Å². The Morgan fingerprint density at radius 3 is 2.52 bits per heavy atom. The molecule has 2 saturated heterocycles. The Balaban J connectivity index is 1.22. The van der Waals surface area contributed by atoms with Gasteiger partial charge in [-0.25, -0.2) is 13.4 Å². The minimum atomic E-state index is -3.47. The average Bonchev–Trinajstić information content (AvgIpc) is 3.46. The van der Waals surface area contributed by atoms with Crippen molar-refractivity contribution in [3.63, 3.8) is 0 Å². The van der Waals surface area contributed by atoms with Gasteiger partial charge >= 0.3 is 0 Å². The van der Waals surface area contributed by atoms with E-state index >= 15 is 0 Å². The lowest BCUT2D eigenvalue weighted by Gasteiger charge is -2.26. The van der Waals surface area contributed by atoms with Crippen LogP contribution in [0.3, 0.4) is 0 Å². The summed E-state index contributed by atoms with van der Waals surface area (Å²) in [7, 11) is -3.47. The van der Waals surface area contributed by atoms with E-state index < -0.39 is 10.0 Å². The Morgan fingerprint density at radius 1 is 1.00 bits per heavy atom. The number of hydrogen-bond acceptors (Lipinski definition) is 6. The van der Waals surface area contributed by atoms with Gasteiger partial charge in [0, 0.05) is 18.8 Å². The maximum absolute atomic E-state index is 12.8. The standard InChI is InChI=1S/C24H28N4O3S2/c29-23(17-27-14-6-8-21(27)24-26-20-7-2-3-9-22(20)32-24)25-18-10-12-19(13-11-18)33(30,31)28-15-4-1-5-16-28/h2-3,7,9-13,21H,1,4-6,8,14-17H2,(H,25,29)/t21-/m0/s1. The van der Waals surface area contributed by atoms with E-state index in [1.54, 1.807) is 39.9 Å². The number of anilines is 1. The SMILES string of the molecule is O=C(CN1CCC[C@H]1c1nc2ccccc2s1)Nc1ccc(S(=O)(=O)N2CCCCC2)cc1. The molecular formula is C24H28N4O3S2. The van der Waals surface area contributed by atoms with Crippen molar-refractivity contribution in [2.75, 3.05) is 31.5 Å². The van der Waals surface area contributed by atoms with Crippen LogP contribution in [0.5, 0.6) is 0 Å². The summed E-state index contributed by atoms with van der Waals surface area (Å²) >= 11 is 1.70. The lowest BCUT2D eigenvalue weighted by molar-refractivity contribution is -0.117. The van der Waals surface area contributed by atoms with Crippen molar-refractivity contribution >= 4 is 43.2 Å². The monoisotopic (exact) mass is 484 g/mol. The van der Waals surface area contributed by atoms with E-state index in [4.69, 9.17) is 4.98 Å². The van der Waals surface area contributed by atoms with Crippen LogP contribution >= 0.6 is 11.3 Å². The van der Waals surface area contributed by atoms with E-state index in [2.05, 4.69) is 16.3 Å². The molecule has 1 aromatic heterocycles. The van der Waals surface area contributed by atoms with Crippen molar-refractivity contribution < 1.29 is 13.2 Å². The van der Waals surface area contributed by atoms with Crippen LogP contribution in [-0.4, -0.2) is 54.7 Å². The second kappa shape index (κ2) is 9.50. The Hall–Kier alpha value is -2.33. The number of para-hydroxylation sites is 1. The molecule has 1 atom stereocenters. The molecule has 2 aromatic carbocycles. The molecule has 0 unspecified atom stereocenters. The largest absolute Gasteiger partial charge is 0.325 e. The number of benzene rings is 2. The summed E-state index contributed by atoms with van der Waals surface area (Å²) in [6.07, 6.45) is 4.92. The summed E-state index contributed by atoms with van der Waals surface area (Å²) in [4.78, 5) is 20.0. The fourth-order valence-corrected chi connectivity index (χ4v) is 7.33. The number of likely N-dealkylation sites (tertiary alicyclic amines) is 1. The molecule has 1 amide bonds. The summed E-state index contributed by atoms with van der Waals surface area (Å²) in [5, 5.41) is 3.98. The Labute approximate surface area is 198 Å². The minimum absolute atomic E-state index is 0.102. The number of rotatable bonds is 6. The molecule has 7 nitrogen and oxygen atoms in total. The number of thiazole rings is 1. The fraction of sp³-hybridized carbons (Fsp3) is 0.417. The summed E-state index contributed by atoms with van der Waals surface area (Å²) in [5.41, 5.74) is 1.61. The number of hydrogen-bond donors (Lipinski definition) is 1. The number of aromatic nitrogens is 1. The summed E-state index contributed by atoms with van der Waals surface area (Å²) in [6, 6.07) is 14.8. The number of fused-ring (bicyclic) bond motifs is 1. The first-order valence-corrected chi connectivity index (χ1v) is 13.8. The van der Waals surface area contributed by atoms with Crippen LogP contribution < -0.4 is 5.32 Å². The van der Waals surface area contributed by atoms with Crippen LogP contribution in [0.15, 0.2) is 53.4 Å². The van der Waals surface area contributed by atoms with Gasteiger partial charge in [-0.15, -0.1) is 11.3 Å². The van der Waals surface area contributed by atoms with Gasteiger partial charge in [0.15, 0.2) is 0 Å². The van der Waals surface area contributed by atoms with Gasteiger partial charge in [0.05, 0.1) is 27.7 Å². The molecule has 0 spiro atoms. The smallest absolute Gasteiger partial charge is 0.243 e. The van der Waals surface area contributed by atoms with Gasteiger partial charge in [0.1, 0.15) is 5.01 Å². The highest BCUT2D eigenvalue weighted by Crippen LogP contribution is 2.36. The molecule has 0 radical (unpaired) electrons. The topological polar surface area (TPSA) is 82.6 Å². The van der Waals surface area contributed by atoms with Crippen molar-refractivity contribution in [1.29, 1.82) is 0 Å². The van der Waals surface area contributed by atoms with Crippen molar-refractivity contribution in [3.05, 3.63) is 53.5 Å². The second-order valence-electron chi connectivity index (χ2n) is 8.69. The fourth-order valence-electron chi connectivity index (χ4n) is 4.68. The highest BCUT2D eigenvalue weighted by atomic mass is 32.2. The van der Waals surface area contributed by atoms with Crippen LogP contribution in [0.2, 0.25) is 0 Å². The predicted octanol–water partition coefficient (Wildman–Crippen LogP) is 4.25. The summed E-state index contributed by atoms with van der Waals surface area (Å²) < 4.78 is 28.4. The van der Waals surface area contributed by atoms with E-state index in [-0.39, 0.29) is 23.4 Å². The van der Waals surface area contributed by atoms with Crippen molar-refractivity contribution in [2.24, 2.45) is 0 Å². The number of carbonyl (C=O) groups is 1. The molecular weight excluding hydrogens is 456 g/mol. The molecule has 3 aromatic rings. The molecule has 2 fully saturated rings. The average molecular weight is 485 g/mol. The van der Waals surface area contributed by atoms with Gasteiger partial charge < -0.3 is 5.32 Å². The molecule has 3 heterocycles. The highest BCUT2D eigenvalue weighted by molar-refractivity contribution is 7.89. The molecule has 0 bridgehead atoms. The van der Waals surface area contributed by atoms with Gasteiger partial charge in [-0.05, 0) is 68.6 Å². The van der Waals surface area contributed by atoms with Crippen molar-refractivity contribution in [2.45, 2.75) is 43.0 Å². The molecule has 0 aliphatic carbocycles. The van der Waals surface area contributed by atoms with E-state index in [0.717, 1.165) is 49.2 Å². The quantitative estimate of drug-likeness (QED) is 0.566. The maximum atomic E-state index is 12.8. The first kappa shape index (κ1) is 22.5. The lowest BCUT2D eigenvalue weighted by Crippen LogP contribution is -2.35. The second-order valence-corrected chi connectivity index (χ2v) is 11.7. The van der Waals surface area contributed by atoms with Gasteiger partial charge in [0.2, 0.25) is 15.9 Å². The zero-order valence-electron chi connectivity index (χ0n) is 18.4. The number of piperidine rings is 1. The van der Waals surface area contributed by atoms with Crippen LogP contribution in [0.1, 0.15) is 43.2 Å². The number of nitrogens with one attached hydrogen (secondary N) is 1. The molecule has 33 heavy (non-hydrogen) atoms. The summed E-state index contributed by atoms with van der Waals surface area (Å²) in [6.45, 7) is 2.30. The van der Waals surface area contributed by atoms with Gasteiger partial charge in [-0.2, -0.15) is 4.31 Å².